The molecule has 0 amide bonds. The lowest BCUT2D eigenvalue weighted by Crippen LogP contribution is -2.00. The predicted octanol–water partition coefficient (Wildman–Crippen LogP) is 3.11. The molecule has 2 nitrogen and oxygen atoms in total. The minimum atomic E-state index is -1.05. The average molecular weight is 261 g/mol. The van der Waals surface area contributed by atoms with Crippen LogP contribution in [0.4, 0.5) is 4.39 Å². The zero-order valence-corrected chi connectivity index (χ0v) is 9.21. The maximum absolute atomic E-state index is 12.9. The van der Waals surface area contributed by atoms with E-state index in [0.717, 1.165) is 0 Å². The van der Waals surface area contributed by atoms with Gasteiger partial charge >= 0.3 is 5.97 Å². The second-order valence-electron chi connectivity index (χ2n) is 3.04. The SMILES string of the molecule is CC(F)c1ccc(CC(=O)O)cc1Br. The maximum Gasteiger partial charge on any atom is 0.307 e. The van der Waals surface area contributed by atoms with Gasteiger partial charge in [0.25, 0.3) is 0 Å². The molecule has 0 saturated carbocycles. The van der Waals surface area contributed by atoms with Crippen molar-refractivity contribution in [2.24, 2.45) is 0 Å². The summed E-state index contributed by atoms with van der Waals surface area (Å²) in [6.45, 7) is 1.44. The molecule has 1 unspecified atom stereocenters. The summed E-state index contributed by atoms with van der Waals surface area (Å²) in [5, 5.41) is 8.55. The molecule has 1 atom stereocenters. The Labute approximate surface area is 89.9 Å². The lowest BCUT2D eigenvalue weighted by molar-refractivity contribution is -0.136. The standard InChI is InChI=1S/C10H10BrFO2/c1-6(12)8-3-2-7(4-9(8)11)5-10(13)14/h2-4,6H,5H2,1H3,(H,13,14). The third kappa shape index (κ3) is 2.80. The van der Waals surface area contributed by atoms with Crippen molar-refractivity contribution >= 4 is 21.9 Å². The molecule has 0 aliphatic carbocycles. The van der Waals surface area contributed by atoms with Crippen LogP contribution in [0.15, 0.2) is 22.7 Å². The predicted molar refractivity (Wildman–Crippen MR) is 55.0 cm³/mol. The quantitative estimate of drug-likeness (QED) is 0.907. The Morgan fingerprint density at radius 1 is 1.64 bits per heavy atom. The van der Waals surface area contributed by atoms with Gasteiger partial charge in [0.1, 0.15) is 6.17 Å². The van der Waals surface area contributed by atoms with E-state index >= 15 is 0 Å². The number of benzene rings is 1. The molecule has 0 radical (unpaired) electrons. The number of aliphatic carboxylic acids is 1. The van der Waals surface area contributed by atoms with E-state index in [9.17, 15) is 9.18 Å². The lowest BCUT2D eigenvalue weighted by Gasteiger charge is -2.06. The lowest BCUT2D eigenvalue weighted by atomic mass is 10.1. The molecule has 0 fully saturated rings. The summed E-state index contributed by atoms with van der Waals surface area (Å²) in [7, 11) is 0. The number of alkyl halides is 1. The van der Waals surface area contributed by atoms with E-state index in [1.807, 2.05) is 0 Å². The molecule has 0 spiro atoms. The summed E-state index contributed by atoms with van der Waals surface area (Å²) in [6.07, 6.45) is -1.09. The van der Waals surface area contributed by atoms with Gasteiger partial charge in [0.2, 0.25) is 0 Å². The number of hydrogen-bond acceptors (Lipinski definition) is 1. The topological polar surface area (TPSA) is 37.3 Å². The number of carboxylic acids is 1. The van der Waals surface area contributed by atoms with Gasteiger partial charge in [0.05, 0.1) is 6.42 Å². The second-order valence-corrected chi connectivity index (χ2v) is 3.90. The van der Waals surface area contributed by atoms with E-state index < -0.39 is 12.1 Å². The number of carboxylic acid groups (broad SMARTS) is 1. The highest BCUT2D eigenvalue weighted by atomic mass is 79.9. The Hall–Kier alpha value is -0.900. The first kappa shape index (κ1) is 11.2. The fraction of sp³-hybridized carbons (Fsp3) is 0.300. The Morgan fingerprint density at radius 3 is 2.71 bits per heavy atom. The Bertz CT molecular complexity index is 350. The molecule has 0 bridgehead atoms. The van der Waals surface area contributed by atoms with Gasteiger partial charge in [-0.1, -0.05) is 28.1 Å². The number of hydrogen-bond donors (Lipinski definition) is 1. The summed E-state index contributed by atoms with van der Waals surface area (Å²) in [5.41, 5.74) is 1.20. The fourth-order valence-electron chi connectivity index (χ4n) is 1.18. The van der Waals surface area contributed by atoms with Crippen LogP contribution in [0.2, 0.25) is 0 Å². The zero-order valence-electron chi connectivity index (χ0n) is 7.63. The molecule has 1 N–H and O–H groups in total. The number of carbonyl (C=O) groups is 1. The van der Waals surface area contributed by atoms with Gasteiger partial charge in [-0.05, 0) is 24.1 Å². The highest BCUT2D eigenvalue weighted by molar-refractivity contribution is 9.10. The third-order valence-electron chi connectivity index (χ3n) is 1.85. The molecule has 0 saturated heterocycles. The van der Waals surface area contributed by atoms with Crippen LogP contribution in [-0.4, -0.2) is 11.1 Å². The summed E-state index contributed by atoms with van der Waals surface area (Å²) in [4.78, 5) is 10.4. The van der Waals surface area contributed by atoms with Crippen LogP contribution in [0.5, 0.6) is 0 Å². The summed E-state index contributed by atoms with van der Waals surface area (Å²) in [6, 6.07) is 4.87. The van der Waals surface area contributed by atoms with Gasteiger partial charge in [-0.15, -0.1) is 0 Å². The monoisotopic (exact) mass is 260 g/mol. The van der Waals surface area contributed by atoms with Crippen LogP contribution in [0.1, 0.15) is 24.2 Å². The first-order chi connectivity index (χ1) is 6.50. The molecular formula is C10H10BrFO2. The van der Waals surface area contributed by atoms with Crippen molar-refractivity contribution in [3.63, 3.8) is 0 Å². The minimum Gasteiger partial charge on any atom is -0.481 e. The molecule has 0 aliphatic heterocycles. The molecule has 1 aromatic rings. The van der Waals surface area contributed by atoms with Gasteiger partial charge in [-0.25, -0.2) is 4.39 Å². The van der Waals surface area contributed by atoms with Crippen LogP contribution in [-0.2, 0) is 11.2 Å². The summed E-state index contributed by atoms with van der Waals surface area (Å²) >= 11 is 3.20. The zero-order chi connectivity index (χ0) is 10.7. The maximum atomic E-state index is 12.9. The Balaban J connectivity index is 2.94. The largest absolute Gasteiger partial charge is 0.481 e. The molecule has 1 aromatic carbocycles. The van der Waals surface area contributed by atoms with E-state index in [1.54, 1.807) is 18.2 Å². The van der Waals surface area contributed by atoms with Crippen LogP contribution in [0.25, 0.3) is 0 Å². The van der Waals surface area contributed by atoms with Crippen LogP contribution < -0.4 is 0 Å². The minimum absolute atomic E-state index is 0.0421. The molecule has 0 heterocycles. The molecular weight excluding hydrogens is 251 g/mol. The Morgan fingerprint density at radius 2 is 2.29 bits per heavy atom. The molecule has 4 heteroatoms. The van der Waals surface area contributed by atoms with Crippen molar-refractivity contribution in [2.45, 2.75) is 19.5 Å². The van der Waals surface area contributed by atoms with Crippen molar-refractivity contribution in [2.75, 3.05) is 0 Å². The molecule has 14 heavy (non-hydrogen) atoms. The van der Waals surface area contributed by atoms with E-state index in [-0.39, 0.29) is 6.42 Å². The van der Waals surface area contributed by atoms with Crippen molar-refractivity contribution < 1.29 is 14.3 Å². The van der Waals surface area contributed by atoms with Crippen LogP contribution in [0.3, 0.4) is 0 Å². The third-order valence-corrected chi connectivity index (χ3v) is 2.54. The van der Waals surface area contributed by atoms with Gasteiger partial charge < -0.3 is 5.11 Å². The normalized spacial score (nSPS) is 12.5. The van der Waals surface area contributed by atoms with Gasteiger partial charge in [0.15, 0.2) is 0 Å². The molecule has 0 aliphatic rings. The number of rotatable bonds is 3. The highest BCUT2D eigenvalue weighted by Gasteiger charge is 2.09. The fourth-order valence-corrected chi connectivity index (χ4v) is 1.92. The molecule has 1 rings (SSSR count). The van der Waals surface area contributed by atoms with Gasteiger partial charge in [-0.3, -0.25) is 4.79 Å². The summed E-state index contributed by atoms with van der Waals surface area (Å²) in [5.74, 6) is -0.891. The van der Waals surface area contributed by atoms with Crippen molar-refractivity contribution in [1.82, 2.24) is 0 Å². The first-order valence-corrected chi connectivity index (χ1v) is 4.94. The van der Waals surface area contributed by atoms with E-state index in [0.29, 0.717) is 15.6 Å². The van der Waals surface area contributed by atoms with E-state index in [4.69, 9.17) is 5.11 Å². The smallest absolute Gasteiger partial charge is 0.307 e. The van der Waals surface area contributed by atoms with Crippen molar-refractivity contribution in [1.29, 1.82) is 0 Å². The average Bonchev–Trinajstić information content (AvgIpc) is 2.01. The summed E-state index contributed by atoms with van der Waals surface area (Å²) < 4.78 is 13.6. The van der Waals surface area contributed by atoms with E-state index in [1.165, 1.54) is 6.92 Å². The second kappa shape index (κ2) is 4.55. The van der Waals surface area contributed by atoms with Gasteiger partial charge in [0, 0.05) is 4.47 Å². The van der Waals surface area contributed by atoms with Crippen LogP contribution in [0, 0.1) is 0 Å². The first-order valence-electron chi connectivity index (χ1n) is 4.15. The molecule has 76 valence electrons. The van der Waals surface area contributed by atoms with Crippen LogP contribution >= 0.6 is 15.9 Å². The Kier molecular flexibility index (Phi) is 3.63. The van der Waals surface area contributed by atoms with Gasteiger partial charge in [-0.2, -0.15) is 0 Å². The molecule has 0 aromatic heterocycles. The van der Waals surface area contributed by atoms with Crippen molar-refractivity contribution in [3.8, 4) is 0 Å². The van der Waals surface area contributed by atoms with E-state index in [2.05, 4.69) is 15.9 Å². The highest BCUT2D eigenvalue weighted by Crippen LogP contribution is 2.26. The number of halogens is 2. The van der Waals surface area contributed by atoms with Crippen molar-refractivity contribution in [3.05, 3.63) is 33.8 Å².